The molecule has 0 aliphatic carbocycles. The van der Waals surface area contributed by atoms with E-state index in [1.807, 2.05) is 25.1 Å². The van der Waals surface area contributed by atoms with Crippen molar-refractivity contribution in [2.75, 3.05) is 19.8 Å². The molecule has 1 unspecified atom stereocenters. The Morgan fingerprint density at radius 3 is 2.62 bits per heavy atom. The number of carbonyl (C=O) groups is 1. The number of hydrogen-bond donors (Lipinski definition) is 1. The molecule has 1 N–H and O–H groups in total. The maximum Gasteiger partial charge on any atom is 0.338 e. The van der Waals surface area contributed by atoms with Crippen molar-refractivity contribution in [1.82, 2.24) is 9.29 Å². The van der Waals surface area contributed by atoms with E-state index in [0.29, 0.717) is 17.7 Å². The molecule has 34 heavy (non-hydrogen) atoms. The Kier molecular flexibility index (Phi) is 7.16. The Morgan fingerprint density at radius 2 is 1.94 bits per heavy atom. The van der Waals surface area contributed by atoms with Gasteiger partial charge < -0.3 is 14.5 Å². The molecule has 0 radical (unpaired) electrons. The lowest BCUT2D eigenvalue weighted by Crippen LogP contribution is -2.38. The summed E-state index contributed by atoms with van der Waals surface area (Å²) in [5, 5.41) is 0.836. The number of rotatable bonds is 8. The molecule has 0 amide bonds. The van der Waals surface area contributed by atoms with E-state index in [1.165, 1.54) is 28.6 Å². The smallest absolute Gasteiger partial charge is 0.338 e. The predicted octanol–water partition coefficient (Wildman–Crippen LogP) is 3.38. The Morgan fingerprint density at radius 1 is 1.18 bits per heavy atom. The highest BCUT2D eigenvalue weighted by Gasteiger charge is 2.30. The number of hydrogen-bond acceptors (Lipinski definition) is 6. The molecule has 9 heteroatoms. The molecule has 2 heterocycles. The van der Waals surface area contributed by atoms with E-state index in [2.05, 4.69) is 4.98 Å². The number of esters is 1. The molecule has 1 aliphatic rings. The molecule has 1 atom stereocenters. The molecule has 3 aromatic rings. The van der Waals surface area contributed by atoms with Crippen molar-refractivity contribution in [3.05, 3.63) is 75.6 Å². The largest absolute Gasteiger partial charge is 0.462 e. The molecule has 0 spiro atoms. The topological polar surface area (TPSA) is 106 Å². The lowest BCUT2D eigenvalue weighted by molar-refractivity contribution is 0.0526. The Balaban J connectivity index is 1.68. The predicted molar refractivity (Wildman–Crippen MR) is 128 cm³/mol. The lowest BCUT2D eigenvalue weighted by Gasteiger charge is -2.25. The van der Waals surface area contributed by atoms with E-state index in [0.717, 1.165) is 23.8 Å². The summed E-state index contributed by atoms with van der Waals surface area (Å²) in [5.74, 6) is -0.513. The first kappa shape index (κ1) is 24.1. The molecule has 4 rings (SSSR count). The lowest BCUT2D eigenvalue weighted by atomic mass is 10.1. The van der Waals surface area contributed by atoms with Gasteiger partial charge in [-0.3, -0.25) is 4.79 Å². The molecular weight excluding hydrogens is 456 g/mol. The molecule has 1 saturated heterocycles. The minimum atomic E-state index is -3.97. The van der Waals surface area contributed by atoms with Gasteiger partial charge in [-0.25, -0.2) is 13.2 Å². The molecule has 0 saturated carbocycles. The first-order valence-corrected chi connectivity index (χ1v) is 12.7. The molecule has 0 bridgehead atoms. The van der Waals surface area contributed by atoms with Gasteiger partial charge in [-0.1, -0.05) is 11.6 Å². The monoisotopic (exact) mass is 484 g/mol. The van der Waals surface area contributed by atoms with Gasteiger partial charge in [0.1, 0.15) is 0 Å². The first-order chi connectivity index (χ1) is 16.3. The molecule has 180 valence electrons. The van der Waals surface area contributed by atoms with Crippen LogP contribution in [0.25, 0.3) is 10.9 Å². The molecule has 1 fully saturated rings. The van der Waals surface area contributed by atoms with Crippen LogP contribution in [0, 0.1) is 6.92 Å². The third-order valence-corrected chi connectivity index (χ3v) is 7.68. The maximum absolute atomic E-state index is 13.6. The van der Waals surface area contributed by atoms with Crippen molar-refractivity contribution in [1.29, 1.82) is 0 Å². The summed E-state index contributed by atoms with van der Waals surface area (Å²) in [5.41, 5.74) is 2.02. The van der Waals surface area contributed by atoms with Crippen molar-refractivity contribution in [3.8, 4) is 0 Å². The summed E-state index contributed by atoms with van der Waals surface area (Å²) < 4.78 is 39.2. The molecule has 2 aromatic carbocycles. The number of aromatic nitrogens is 1. The van der Waals surface area contributed by atoms with Gasteiger partial charge in [0, 0.05) is 30.8 Å². The Bertz CT molecular complexity index is 1340. The summed E-state index contributed by atoms with van der Waals surface area (Å²) in [4.78, 5) is 27.6. The number of H-pyrrole nitrogens is 1. The van der Waals surface area contributed by atoms with Gasteiger partial charge in [-0.2, -0.15) is 4.31 Å². The summed E-state index contributed by atoms with van der Waals surface area (Å²) >= 11 is 0. The van der Waals surface area contributed by atoms with E-state index in [9.17, 15) is 18.0 Å². The minimum absolute atomic E-state index is 0.0339. The fourth-order valence-electron chi connectivity index (χ4n) is 4.07. The third-order valence-electron chi connectivity index (χ3n) is 5.86. The van der Waals surface area contributed by atoms with Gasteiger partial charge in [0.15, 0.2) is 0 Å². The van der Waals surface area contributed by atoms with Gasteiger partial charge in [0.25, 0.3) is 5.56 Å². The highest BCUT2D eigenvalue weighted by atomic mass is 32.2. The second-order valence-electron chi connectivity index (χ2n) is 8.39. The van der Waals surface area contributed by atoms with E-state index in [-0.39, 0.29) is 41.8 Å². The Labute approximate surface area is 198 Å². The number of sulfonamides is 1. The Hall–Kier alpha value is -3.01. The van der Waals surface area contributed by atoms with Gasteiger partial charge in [-0.05, 0) is 74.5 Å². The van der Waals surface area contributed by atoms with Crippen molar-refractivity contribution >= 4 is 26.9 Å². The van der Waals surface area contributed by atoms with E-state index in [1.54, 1.807) is 13.0 Å². The number of fused-ring (bicyclic) bond motifs is 1. The van der Waals surface area contributed by atoms with Crippen LogP contribution in [0.15, 0.2) is 58.2 Å². The summed E-state index contributed by atoms with van der Waals surface area (Å²) in [7, 11) is -3.97. The van der Waals surface area contributed by atoms with E-state index in [4.69, 9.17) is 9.47 Å². The SMILES string of the molecule is CCOC(=O)c1ccc(S(=O)(=O)N(Cc2cc3cc(C)ccc3[nH]c2=O)CC2CCCO2)cc1. The van der Waals surface area contributed by atoms with Crippen molar-refractivity contribution in [2.24, 2.45) is 0 Å². The van der Waals surface area contributed by atoms with Gasteiger partial charge >= 0.3 is 5.97 Å². The van der Waals surface area contributed by atoms with E-state index < -0.39 is 16.0 Å². The van der Waals surface area contributed by atoms with Crippen LogP contribution in [0.4, 0.5) is 0 Å². The number of aromatic amines is 1. The standard InChI is InChI=1S/C25H28N2O6S/c1-3-32-25(29)18-7-9-22(10-8-18)34(30,31)27(16-21-5-4-12-33-21)15-20-14-19-13-17(2)6-11-23(19)26-24(20)28/h6-11,13-14,21H,3-5,12,15-16H2,1-2H3,(H,26,28). The number of ether oxygens (including phenoxy) is 2. The average molecular weight is 485 g/mol. The van der Waals surface area contributed by atoms with Crippen LogP contribution in [-0.2, 0) is 26.0 Å². The van der Waals surface area contributed by atoms with E-state index >= 15 is 0 Å². The highest BCUT2D eigenvalue weighted by molar-refractivity contribution is 7.89. The zero-order valence-electron chi connectivity index (χ0n) is 19.2. The van der Waals surface area contributed by atoms with Crippen LogP contribution >= 0.6 is 0 Å². The maximum atomic E-state index is 13.6. The van der Waals surface area contributed by atoms with Gasteiger partial charge in [0.05, 0.1) is 23.2 Å². The highest BCUT2D eigenvalue weighted by Crippen LogP contribution is 2.23. The zero-order valence-corrected chi connectivity index (χ0v) is 20.1. The second-order valence-corrected chi connectivity index (χ2v) is 10.3. The van der Waals surface area contributed by atoms with Crippen LogP contribution in [0.5, 0.6) is 0 Å². The fourth-order valence-corrected chi connectivity index (χ4v) is 5.52. The average Bonchev–Trinajstić information content (AvgIpc) is 3.33. The van der Waals surface area contributed by atoms with Crippen LogP contribution in [0.1, 0.15) is 41.3 Å². The minimum Gasteiger partial charge on any atom is -0.462 e. The van der Waals surface area contributed by atoms with Crippen molar-refractivity contribution in [2.45, 2.75) is 44.2 Å². The van der Waals surface area contributed by atoms with Crippen LogP contribution in [-0.4, -0.2) is 49.5 Å². The number of nitrogens with zero attached hydrogens (tertiary/aromatic N) is 1. The normalized spacial score (nSPS) is 16.3. The fraction of sp³-hybridized carbons (Fsp3) is 0.360. The van der Waals surface area contributed by atoms with Crippen LogP contribution in [0.2, 0.25) is 0 Å². The van der Waals surface area contributed by atoms with Crippen LogP contribution < -0.4 is 5.56 Å². The third kappa shape index (κ3) is 5.22. The number of benzene rings is 2. The molecule has 8 nitrogen and oxygen atoms in total. The van der Waals surface area contributed by atoms with Gasteiger partial charge in [-0.15, -0.1) is 0 Å². The van der Waals surface area contributed by atoms with Gasteiger partial charge in [0.2, 0.25) is 10.0 Å². The van der Waals surface area contributed by atoms with Crippen LogP contribution in [0.3, 0.4) is 0 Å². The number of aryl methyl sites for hydroxylation is 1. The van der Waals surface area contributed by atoms with Crippen molar-refractivity contribution in [3.63, 3.8) is 0 Å². The zero-order chi connectivity index (χ0) is 24.3. The second kappa shape index (κ2) is 10.1. The quantitative estimate of drug-likeness (QED) is 0.492. The summed E-state index contributed by atoms with van der Waals surface area (Å²) in [6.45, 7) is 4.51. The number of carbonyl (C=O) groups excluding carboxylic acids is 1. The number of nitrogens with one attached hydrogen (secondary N) is 1. The summed E-state index contributed by atoms with van der Waals surface area (Å²) in [6.07, 6.45) is 1.37. The molecule has 1 aliphatic heterocycles. The summed E-state index contributed by atoms with van der Waals surface area (Å²) in [6, 6.07) is 13.1. The molecule has 1 aromatic heterocycles. The van der Waals surface area contributed by atoms with Crippen molar-refractivity contribution < 1.29 is 22.7 Å². The first-order valence-electron chi connectivity index (χ1n) is 11.3. The molecular formula is C25H28N2O6S. The number of pyridine rings is 1.